The van der Waals surface area contributed by atoms with Gasteiger partial charge in [-0.2, -0.15) is 0 Å². The van der Waals surface area contributed by atoms with Crippen LogP contribution < -0.4 is 16.7 Å². The second-order valence-electron chi connectivity index (χ2n) is 5.72. The summed E-state index contributed by atoms with van der Waals surface area (Å²) in [6.45, 7) is 1.47. The van der Waals surface area contributed by atoms with Gasteiger partial charge in [0.05, 0.1) is 24.3 Å². The van der Waals surface area contributed by atoms with Crippen molar-refractivity contribution in [2.45, 2.75) is 38.1 Å². The van der Waals surface area contributed by atoms with Crippen molar-refractivity contribution >= 4 is 22.9 Å². The van der Waals surface area contributed by atoms with E-state index in [0.29, 0.717) is 4.57 Å². The van der Waals surface area contributed by atoms with Crippen molar-refractivity contribution in [3.8, 4) is 0 Å². The van der Waals surface area contributed by atoms with Crippen molar-refractivity contribution < 1.29 is 30.0 Å². The molecule has 0 bridgehead atoms. The van der Waals surface area contributed by atoms with E-state index in [1.165, 1.54) is 6.07 Å². The molecular weight excluding hydrogens is 350 g/mol. The van der Waals surface area contributed by atoms with E-state index in [4.69, 9.17) is 5.73 Å². The Balaban J connectivity index is 2.47. The van der Waals surface area contributed by atoms with Crippen LogP contribution in [0.1, 0.15) is 19.8 Å². The SMILES string of the molecule is CCC(O)(CCn1c(=O)n(C(O)(O)O)c2cnc(N)cc21)NC(=O)OC. The fourth-order valence-corrected chi connectivity index (χ4v) is 2.54. The number of nitrogens with zero attached hydrogens (tertiary/aromatic N) is 3. The zero-order chi connectivity index (χ0) is 19.7. The number of amides is 1. The van der Waals surface area contributed by atoms with Crippen molar-refractivity contribution in [3.63, 3.8) is 0 Å². The third kappa shape index (κ3) is 3.77. The minimum atomic E-state index is -3.45. The number of aromatic nitrogens is 3. The highest BCUT2D eigenvalue weighted by atomic mass is 16.7. The van der Waals surface area contributed by atoms with Crippen molar-refractivity contribution in [2.24, 2.45) is 0 Å². The van der Waals surface area contributed by atoms with Gasteiger partial charge < -0.3 is 30.9 Å². The number of ether oxygens (including phenoxy) is 1. The Morgan fingerprint density at radius 1 is 1.35 bits per heavy atom. The molecule has 144 valence electrons. The van der Waals surface area contributed by atoms with Crippen LogP contribution in [0.5, 0.6) is 0 Å². The van der Waals surface area contributed by atoms with E-state index in [-0.39, 0.29) is 36.2 Å². The summed E-state index contributed by atoms with van der Waals surface area (Å²) in [7, 11) is 1.14. The number of carbonyl (C=O) groups is 1. The molecule has 0 aromatic carbocycles. The molecule has 0 saturated carbocycles. The van der Waals surface area contributed by atoms with Crippen LogP contribution in [-0.4, -0.2) is 53.5 Å². The first-order valence-electron chi connectivity index (χ1n) is 7.65. The maximum Gasteiger partial charge on any atom is 0.409 e. The maximum atomic E-state index is 12.5. The molecule has 2 aromatic rings. The summed E-state index contributed by atoms with van der Waals surface area (Å²) in [5, 5.41) is 41.1. The molecule has 12 nitrogen and oxygen atoms in total. The Bertz CT molecular complexity index is 869. The smallest absolute Gasteiger partial charge is 0.409 e. The molecule has 0 radical (unpaired) electrons. The second kappa shape index (κ2) is 6.92. The van der Waals surface area contributed by atoms with Crippen LogP contribution in [0.15, 0.2) is 17.1 Å². The molecule has 7 N–H and O–H groups in total. The van der Waals surface area contributed by atoms with Gasteiger partial charge in [0.2, 0.25) is 0 Å². The molecule has 0 aliphatic heterocycles. The number of nitrogens with one attached hydrogen (secondary N) is 1. The third-order valence-electron chi connectivity index (χ3n) is 3.99. The highest BCUT2D eigenvalue weighted by Gasteiger charge is 2.32. The molecule has 1 unspecified atom stereocenters. The van der Waals surface area contributed by atoms with E-state index >= 15 is 0 Å². The van der Waals surface area contributed by atoms with Crippen LogP contribution in [-0.2, 0) is 17.4 Å². The number of carbonyl (C=O) groups excluding carboxylic acids is 1. The van der Waals surface area contributed by atoms with Crippen LogP contribution in [0, 0.1) is 0 Å². The monoisotopic (exact) mass is 371 g/mol. The average Bonchev–Trinajstić information content (AvgIpc) is 2.83. The van der Waals surface area contributed by atoms with Gasteiger partial charge >= 0.3 is 17.9 Å². The van der Waals surface area contributed by atoms with Crippen molar-refractivity contribution in [1.82, 2.24) is 19.4 Å². The van der Waals surface area contributed by atoms with Crippen LogP contribution in [0.4, 0.5) is 10.6 Å². The first kappa shape index (κ1) is 19.7. The summed E-state index contributed by atoms with van der Waals surface area (Å²) in [6, 6.07) is 1.30. The Morgan fingerprint density at radius 3 is 2.54 bits per heavy atom. The Morgan fingerprint density at radius 2 is 2.00 bits per heavy atom. The van der Waals surface area contributed by atoms with Gasteiger partial charge in [-0.1, -0.05) is 6.92 Å². The number of pyridine rings is 1. The Hall–Kier alpha value is -2.67. The van der Waals surface area contributed by atoms with Crippen LogP contribution in [0.25, 0.3) is 11.0 Å². The number of fused-ring (bicyclic) bond motifs is 1. The van der Waals surface area contributed by atoms with Gasteiger partial charge in [0.25, 0.3) is 0 Å². The average molecular weight is 371 g/mol. The number of hydrogen-bond donors (Lipinski definition) is 6. The number of rotatable bonds is 6. The lowest BCUT2D eigenvalue weighted by Gasteiger charge is -2.27. The fraction of sp³-hybridized carbons (Fsp3) is 0.500. The second-order valence-corrected chi connectivity index (χ2v) is 5.72. The molecule has 0 fully saturated rings. The molecule has 0 saturated heterocycles. The minimum Gasteiger partial charge on any atom is -0.453 e. The normalized spacial score (nSPS) is 14.2. The van der Waals surface area contributed by atoms with Gasteiger partial charge in [0.15, 0.2) is 0 Å². The highest BCUT2D eigenvalue weighted by molar-refractivity contribution is 5.77. The van der Waals surface area contributed by atoms with E-state index in [9.17, 15) is 30.0 Å². The first-order chi connectivity index (χ1) is 12.0. The van der Waals surface area contributed by atoms with Gasteiger partial charge in [-0.25, -0.2) is 19.1 Å². The van der Waals surface area contributed by atoms with Crippen LogP contribution >= 0.6 is 0 Å². The summed E-state index contributed by atoms with van der Waals surface area (Å²) in [5.74, 6) is 0.0567. The van der Waals surface area contributed by atoms with Gasteiger partial charge in [-0.15, -0.1) is 0 Å². The lowest BCUT2D eigenvalue weighted by Crippen LogP contribution is -2.49. The van der Waals surface area contributed by atoms with Crippen molar-refractivity contribution in [1.29, 1.82) is 0 Å². The Labute approximate surface area is 147 Å². The topological polar surface area (TPSA) is 185 Å². The summed E-state index contributed by atoms with van der Waals surface area (Å²) < 4.78 is 5.82. The van der Waals surface area contributed by atoms with E-state index in [1.807, 2.05) is 0 Å². The summed E-state index contributed by atoms with van der Waals surface area (Å²) >= 11 is 0. The number of aliphatic hydroxyl groups is 4. The molecule has 1 amide bonds. The molecule has 0 spiro atoms. The van der Waals surface area contributed by atoms with E-state index < -0.39 is 23.6 Å². The zero-order valence-corrected chi connectivity index (χ0v) is 14.2. The number of hydrogen-bond acceptors (Lipinski definition) is 9. The van der Waals surface area contributed by atoms with Crippen LogP contribution in [0.2, 0.25) is 0 Å². The predicted octanol–water partition coefficient (Wildman–Crippen LogP) is -1.83. The molecule has 2 aromatic heterocycles. The van der Waals surface area contributed by atoms with Crippen molar-refractivity contribution in [2.75, 3.05) is 12.8 Å². The minimum absolute atomic E-state index is 0.0567. The molecule has 2 rings (SSSR count). The molecule has 0 aliphatic carbocycles. The zero-order valence-electron chi connectivity index (χ0n) is 14.2. The molecular formula is C14H21N5O7. The number of anilines is 1. The molecule has 2 heterocycles. The fourth-order valence-electron chi connectivity index (χ4n) is 2.54. The quantitative estimate of drug-likeness (QED) is 0.318. The van der Waals surface area contributed by atoms with Gasteiger partial charge in [-0.05, 0) is 6.42 Å². The number of alkyl carbamates (subject to hydrolysis) is 1. The maximum absolute atomic E-state index is 12.5. The van der Waals surface area contributed by atoms with E-state index in [2.05, 4.69) is 15.0 Å². The van der Waals surface area contributed by atoms with E-state index in [0.717, 1.165) is 17.9 Å². The summed E-state index contributed by atoms with van der Waals surface area (Å²) in [4.78, 5) is 27.6. The summed E-state index contributed by atoms with van der Waals surface area (Å²) in [5.41, 5.74) is 3.03. The molecule has 12 heteroatoms. The largest absolute Gasteiger partial charge is 0.453 e. The molecule has 0 aliphatic rings. The Kier molecular flexibility index (Phi) is 5.23. The van der Waals surface area contributed by atoms with Gasteiger partial charge in [-0.3, -0.25) is 9.88 Å². The van der Waals surface area contributed by atoms with Crippen molar-refractivity contribution in [3.05, 3.63) is 22.7 Å². The number of nitrogens with two attached hydrogens (primary N) is 1. The molecule has 26 heavy (non-hydrogen) atoms. The van der Waals surface area contributed by atoms with Gasteiger partial charge in [0, 0.05) is 19.0 Å². The summed E-state index contributed by atoms with van der Waals surface area (Å²) in [6.07, 6.45) is -3.21. The molecule has 1 atom stereocenters. The first-order valence-corrected chi connectivity index (χ1v) is 7.65. The lowest BCUT2D eigenvalue weighted by atomic mass is 10.1. The van der Waals surface area contributed by atoms with Gasteiger partial charge in [0.1, 0.15) is 11.5 Å². The highest BCUT2D eigenvalue weighted by Crippen LogP contribution is 2.20. The number of imidazole rings is 1. The standard InChI is InChI=1S/C14H21N5O7/c1-3-13(22,17-11(20)26-2)4-5-18-8-6-10(15)16-7-9(8)19(12(18)21)14(23,24)25/h6-7,22-25H,3-5H2,1-2H3,(H2,15,16)(H,17,20). The lowest BCUT2D eigenvalue weighted by molar-refractivity contribution is -0.374. The van der Waals surface area contributed by atoms with E-state index in [1.54, 1.807) is 6.92 Å². The van der Waals surface area contributed by atoms with Crippen LogP contribution in [0.3, 0.4) is 0 Å². The number of methoxy groups -OCH3 is 1. The number of nitrogen functional groups attached to an aromatic ring is 1. The number of aryl methyl sites for hydroxylation is 1. The third-order valence-corrected chi connectivity index (χ3v) is 3.99. The predicted molar refractivity (Wildman–Crippen MR) is 88.4 cm³/mol.